The van der Waals surface area contributed by atoms with Crippen LogP contribution in [0.25, 0.3) is 33.3 Å². The van der Waals surface area contributed by atoms with Gasteiger partial charge in [-0.05, 0) is 150 Å². The second-order valence-electron chi connectivity index (χ2n) is 19.3. The first-order valence-corrected chi connectivity index (χ1v) is 21.8. The number of phenolic OH excluding ortho intramolecular Hbond substituents is 1. The molecule has 3 aliphatic rings. The lowest BCUT2D eigenvalue weighted by Gasteiger charge is -2.35. The molecular weight excluding hydrogens is 757 g/mol. The molecule has 2 aromatic carbocycles. The number of piperidine rings is 1. The van der Waals surface area contributed by atoms with Gasteiger partial charge in [0, 0.05) is 47.6 Å². The molecule has 0 radical (unpaired) electrons. The van der Waals surface area contributed by atoms with Crippen molar-refractivity contribution in [3.8, 4) is 28.1 Å². The minimum absolute atomic E-state index is 0.0471. The van der Waals surface area contributed by atoms with E-state index in [1.165, 1.54) is 10.6 Å². The highest BCUT2D eigenvalue weighted by atomic mass is 16.6. The highest BCUT2D eigenvalue weighted by Crippen LogP contribution is 2.43. The number of benzene rings is 2. The number of carbonyl (C=O) groups is 3. The number of ether oxygens (including phenoxy) is 2. The number of pyridine rings is 1. The maximum absolute atomic E-state index is 14.2. The zero-order valence-corrected chi connectivity index (χ0v) is 37.0. The van der Waals surface area contributed by atoms with Gasteiger partial charge in [-0.1, -0.05) is 39.8 Å². The maximum Gasteiger partial charge on any atom is 0.408 e. The van der Waals surface area contributed by atoms with Crippen molar-refractivity contribution in [3.63, 3.8) is 0 Å². The van der Waals surface area contributed by atoms with Crippen LogP contribution in [0, 0.1) is 5.41 Å². The molecule has 5 heterocycles. The molecule has 2 fully saturated rings. The van der Waals surface area contributed by atoms with Crippen molar-refractivity contribution in [2.45, 2.75) is 130 Å². The predicted octanol–water partition coefficient (Wildman–Crippen LogP) is 8.09. The van der Waals surface area contributed by atoms with Crippen LogP contribution in [0.4, 0.5) is 4.79 Å². The number of likely N-dealkylation sites (tertiary alicyclic amines) is 1. The van der Waals surface area contributed by atoms with Gasteiger partial charge in [-0.2, -0.15) is 0 Å². The van der Waals surface area contributed by atoms with Gasteiger partial charge in [0.2, 0.25) is 0 Å². The van der Waals surface area contributed by atoms with E-state index in [1.54, 1.807) is 32.9 Å². The van der Waals surface area contributed by atoms with E-state index >= 15 is 0 Å². The molecule has 3 aliphatic heterocycles. The molecule has 2 amide bonds. The SMILES string of the molecule is CCn1c(-c2cc(C3CCN(C)CC3)cnc2C(C)C)c2c3cc(ccc31)-c1cc(O)cc(c1)C[C@H](NC(=O)OC(C)(C)C)C(=O)N1CCC[C@H](N1)C(=O)OCC(C)(C)C2. The Morgan fingerprint density at radius 1 is 1.05 bits per heavy atom. The number of hydrazine groups is 1. The van der Waals surface area contributed by atoms with Gasteiger partial charge in [0.1, 0.15) is 23.4 Å². The minimum atomic E-state index is -1.06. The largest absolute Gasteiger partial charge is 0.508 e. The van der Waals surface area contributed by atoms with E-state index in [4.69, 9.17) is 14.5 Å². The van der Waals surface area contributed by atoms with Crippen molar-refractivity contribution in [1.82, 2.24) is 30.2 Å². The molecule has 2 atom stereocenters. The molecule has 60 heavy (non-hydrogen) atoms. The van der Waals surface area contributed by atoms with Gasteiger partial charge < -0.3 is 29.4 Å². The number of rotatable bonds is 5. The third kappa shape index (κ3) is 9.50. The molecule has 4 aromatic rings. The van der Waals surface area contributed by atoms with Crippen LogP contribution < -0.4 is 10.7 Å². The Morgan fingerprint density at radius 2 is 1.80 bits per heavy atom. The number of hydrogen-bond donors (Lipinski definition) is 3. The van der Waals surface area contributed by atoms with E-state index in [0.717, 1.165) is 77.0 Å². The van der Waals surface area contributed by atoms with Crippen LogP contribution in [0.2, 0.25) is 0 Å². The Bertz CT molecular complexity index is 2250. The van der Waals surface area contributed by atoms with Gasteiger partial charge >= 0.3 is 12.1 Å². The number of nitrogens with zero attached hydrogens (tertiary/aromatic N) is 4. The molecule has 3 N–H and O–H groups in total. The van der Waals surface area contributed by atoms with Crippen molar-refractivity contribution in [2.75, 3.05) is 33.3 Å². The van der Waals surface area contributed by atoms with E-state index in [1.807, 2.05) is 6.07 Å². The summed E-state index contributed by atoms with van der Waals surface area (Å²) >= 11 is 0. The van der Waals surface area contributed by atoms with Crippen LogP contribution >= 0.6 is 0 Å². The summed E-state index contributed by atoms with van der Waals surface area (Å²) in [4.78, 5) is 48.8. The molecular formula is C48H64N6O6. The van der Waals surface area contributed by atoms with E-state index in [2.05, 4.69) is 92.3 Å². The zero-order chi connectivity index (χ0) is 43.1. The van der Waals surface area contributed by atoms with E-state index in [0.29, 0.717) is 37.3 Å². The van der Waals surface area contributed by atoms with E-state index in [9.17, 15) is 19.5 Å². The number of nitrogens with one attached hydrogen (secondary N) is 2. The highest BCUT2D eigenvalue weighted by molar-refractivity contribution is 5.95. The van der Waals surface area contributed by atoms with Crippen LogP contribution in [0.15, 0.2) is 48.7 Å². The smallest absolute Gasteiger partial charge is 0.408 e. The summed E-state index contributed by atoms with van der Waals surface area (Å²) in [6, 6.07) is 12.4. The Balaban J connectivity index is 1.40. The lowest BCUT2D eigenvalue weighted by atomic mass is 9.83. The first-order chi connectivity index (χ1) is 28.4. The van der Waals surface area contributed by atoms with Gasteiger partial charge in [-0.15, -0.1) is 0 Å². The predicted molar refractivity (Wildman–Crippen MR) is 235 cm³/mol. The fourth-order valence-electron chi connectivity index (χ4n) is 9.17. The number of fused-ring (bicyclic) bond motifs is 6. The third-order valence-corrected chi connectivity index (χ3v) is 12.2. The van der Waals surface area contributed by atoms with Gasteiger partial charge in [0.25, 0.3) is 5.91 Å². The van der Waals surface area contributed by atoms with Crippen LogP contribution in [0.5, 0.6) is 5.75 Å². The number of alkyl carbamates (subject to hydrolysis) is 1. The number of aromatic nitrogens is 2. The fourth-order valence-corrected chi connectivity index (χ4v) is 9.17. The average Bonchev–Trinajstić information content (AvgIpc) is 3.49. The number of phenols is 1. The maximum atomic E-state index is 14.2. The molecule has 7 rings (SSSR count). The number of aryl methyl sites for hydroxylation is 1. The molecule has 0 unspecified atom stereocenters. The summed E-state index contributed by atoms with van der Waals surface area (Å²) < 4.78 is 14.1. The van der Waals surface area contributed by atoms with Crippen LogP contribution in [-0.4, -0.2) is 93.5 Å². The van der Waals surface area contributed by atoms with Crippen molar-refractivity contribution in [2.24, 2.45) is 5.41 Å². The van der Waals surface area contributed by atoms with Crippen LogP contribution in [-0.2, 0) is 38.4 Å². The fraction of sp³-hybridized carbons (Fsp3) is 0.542. The monoisotopic (exact) mass is 820 g/mol. The van der Waals surface area contributed by atoms with Crippen LogP contribution in [0.3, 0.4) is 0 Å². The minimum Gasteiger partial charge on any atom is -0.508 e. The quantitative estimate of drug-likeness (QED) is 0.171. The molecule has 0 saturated carbocycles. The summed E-state index contributed by atoms with van der Waals surface area (Å²) in [5.41, 5.74) is 11.0. The van der Waals surface area contributed by atoms with Crippen molar-refractivity contribution < 1.29 is 29.0 Å². The molecule has 2 aromatic heterocycles. The van der Waals surface area contributed by atoms with Crippen LogP contribution in [0.1, 0.15) is 115 Å². The first-order valence-electron chi connectivity index (χ1n) is 21.8. The second-order valence-corrected chi connectivity index (χ2v) is 19.3. The lowest BCUT2D eigenvalue weighted by Crippen LogP contribution is -2.60. The zero-order valence-electron chi connectivity index (χ0n) is 37.0. The van der Waals surface area contributed by atoms with E-state index in [-0.39, 0.29) is 24.7 Å². The second kappa shape index (κ2) is 17.2. The topological polar surface area (TPSA) is 138 Å². The molecule has 6 bridgehead atoms. The standard InChI is InChI=1S/C48H64N6O6/c1-10-53-41-14-13-32-24-36(41)38(43(53)37-25-34(27-49-42(37)29(2)3)31-15-18-52(9)19-16-31)26-48(7,8)28-59-45(57)39-12-11-17-54(51-39)44(56)40(50-46(58)60-47(4,5)6)22-30-20-33(32)23-35(55)21-30/h13-14,20-21,23-25,27,29,31,39-40,51,55H,10-12,15-19,22,26,28H2,1-9H3,(H,50,58)/t39-,40-/m0/s1. The van der Waals surface area contributed by atoms with Crippen molar-refractivity contribution in [1.29, 1.82) is 0 Å². The molecule has 12 heteroatoms. The number of cyclic esters (lactones) is 1. The summed E-state index contributed by atoms with van der Waals surface area (Å²) in [6.45, 7) is 19.5. The van der Waals surface area contributed by atoms with Crippen molar-refractivity contribution >= 4 is 28.9 Å². The Labute approximate surface area is 355 Å². The molecule has 0 aliphatic carbocycles. The highest BCUT2D eigenvalue weighted by Gasteiger charge is 2.36. The molecule has 322 valence electrons. The van der Waals surface area contributed by atoms with Gasteiger partial charge in [0.15, 0.2) is 0 Å². The third-order valence-electron chi connectivity index (χ3n) is 12.2. The molecule has 2 saturated heterocycles. The summed E-state index contributed by atoms with van der Waals surface area (Å²) in [6.07, 6.45) is 5.31. The number of esters is 1. The van der Waals surface area contributed by atoms with E-state index < -0.39 is 41.1 Å². The lowest BCUT2D eigenvalue weighted by molar-refractivity contribution is -0.155. The Morgan fingerprint density at radius 3 is 2.50 bits per heavy atom. The summed E-state index contributed by atoms with van der Waals surface area (Å²) in [5.74, 6) is -0.180. The first kappa shape index (κ1) is 43.2. The number of carbonyl (C=O) groups excluding carboxylic acids is 3. The number of aromatic hydroxyl groups is 1. The Kier molecular flexibility index (Phi) is 12.4. The van der Waals surface area contributed by atoms with Crippen molar-refractivity contribution in [3.05, 3.63) is 71.0 Å². The summed E-state index contributed by atoms with van der Waals surface area (Å²) in [7, 11) is 2.19. The van der Waals surface area contributed by atoms with Gasteiger partial charge in [-0.3, -0.25) is 19.6 Å². The number of hydrogen-bond acceptors (Lipinski definition) is 9. The molecule has 0 spiro atoms. The number of amides is 2. The van der Waals surface area contributed by atoms with Gasteiger partial charge in [0.05, 0.1) is 18.0 Å². The van der Waals surface area contributed by atoms with Gasteiger partial charge in [-0.25, -0.2) is 10.2 Å². The average molecular weight is 821 g/mol. The Hall–Kier alpha value is -4.94. The summed E-state index contributed by atoms with van der Waals surface area (Å²) in [5, 5.41) is 16.5. The molecule has 12 nitrogen and oxygen atoms in total. The normalized spacial score (nSPS) is 20.9.